The van der Waals surface area contributed by atoms with E-state index in [0.29, 0.717) is 22.6 Å². The molecule has 158 valence electrons. The number of nitrogens with one attached hydrogen (secondary N) is 2. The fourth-order valence-electron chi connectivity index (χ4n) is 2.56. The van der Waals surface area contributed by atoms with Crippen LogP contribution in [-0.2, 0) is 4.79 Å². The zero-order valence-electron chi connectivity index (χ0n) is 16.6. The topological polar surface area (TPSA) is 79.8 Å². The number of hydrogen-bond donors (Lipinski definition) is 2. The number of carbonyl (C=O) groups excluding carboxylic acids is 2. The Labute approximate surface area is 197 Å². The lowest BCUT2D eigenvalue weighted by atomic mass is 10.2. The highest BCUT2D eigenvalue weighted by atomic mass is 79.9. The molecular weight excluding hydrogens is 526 g/mol. The standard InChI is InChI=1S/C23H19Br2N3O3/c1-15-2-9-20(10-3-15)27-22(29)14-31-21-11-8-19(25)12-17(21)13-26-28-23(30)16-4-6-18(24)7-5-16/h2-13H,14H2,1H3,(H,27,29)(H,28,30)/b26-13+. The van der Waals surface area contributed by atoms with Gasteiger partial charge in [-0.1, -0.05) is 49.6 Å². The van der Waals surface area contributed by atoms with E-state index >= 15 is 0 Å². The summed E-state index contributed by atoms with van der Waals surface area (Å²) in [5, 5.41) is 6.79. The largest absolute Gasteiger partial charge is 0.483 e. The fraction of sp³-hybridized carbons (Fsp3) is 0.0870. The number of amides is 2. The Morgan fingerprint density at radius 1 is 0.968 bits per heavy atom. The third kappa shape index (κ3) is 7.04. The summed E-state index contributed by atoms with van der Waals surface area (Å²) in [6.45, 7) is 1.81. The number of benzene rings is 3. The second-order valence-electron chi connectivity index (χ2n) is 6.59. The summed E-state index contributed by atoms with van der Waals surface area (Å²) < 4.78 is 7.36. The molecule has 2 amide bonds. The molecule has 0 fully saturated rings. The number of anilines is 1. The molecule has 0 unspecified atom stereocenters. The van der Waals surface area contributed by atoms with Gasteiger partial charge in [0.05, 0.1) is 6.21 Å². The second kappa shape index (κ2) is 10.9. The van der Waals surface area contributed by atoms with E-state index in [1.165, 1.54) is 6.21 Å². The van der Waals surface area contributed by atoms with E-state index in [1.807, 2.05) is 31.2 Å². The zero-order valence-corrected chi connectivity index (χ0v) is 19.7. The van der Waals surface area contributed by atoms with Gasteiger partial charge < -0.3 is 10.1 Å². The van der Waals surface area contributed by atoms with Crippen molar-refractivity contribution in [1.82, 2.24) is 5.43 Å². The van der Waals surface area contributed by atoms with Crippen LogP contribution in [0, 0.1) is 6.92 Å². The summed E-state index contributed by atoms with van der Waals surface area (Å²) in [6.07, 6.45) is 1.47. The molecule has 8 heteroatoms. The molecule has 0 aliphatic rings. The van der Waals surface area contributed by atoms with E-state index in [9.17, 15) is 9.59 Å². The summed E-state index contributed by atoms with van der Waals surface area (Å²) in [5.74, 6) is -0.152. The van der Waals surface area contributed by atoms with Gasteiger partial charge in [0.2, 0.25) is 0 Å². The molecule has 0 aromatic heterocycles. The Morgan fingerprint density at radius 3 is 2.35 bits per heavy atom. The lowest BCUT2D eigenvalue weighted by Crippen LogP contribution is -2.20. The predicted octanol–water partition coefficient (Wildman–Crippen LogP) is 5.30. The van der Waals surface area contributed by atoms with Gasteiger partial charge in [0.1, 0.15) is 5.75 Å². The molecule has 3 aromatic carbocycles. The number of carbonyl (C=O) groups is 2. The molecule has 0 bridgehead atoms. The predicted molar refractivity (Wildman–Crippen MR) is 129 cm³/mol. The lowest BCUT2D eigenvalue weighted by Gasteiger charge is -2.10. The summed E-state index contributed by atoms with van der Waals surface area (Å²) >= 11 is 6.73. The maximum absolute atomic E-state index is 12.2. The highest BCUT2D eigenvalue weighted by Crippen LogP contribution is 2.22. The molecule has 0 aliphatic carbocycles. The van der Waals surface area contributed by atoms with Crippen LogP contribution in [0.2, 0.25) is 0 Å². The smallest absolute Gasteiger partial charge is 0.271 e. The van der Waals surface area contributed by atoms with Gasteiger partial charge in [-0.2, -0.15) is 5.10 Å². The summed E-state index contributed by atoms with van der Waals surface area (Å²) in [7, 11) is 0. The van der Waals surface area contributed by atoms with Crippen LogP contribution >= 0.6 is 31.9 Å². The number of nitrogens with zero attached hydrogens (tertiary/aromatic N) is 1. The van der Waals surface area contributed by atoms with Gasteiger partial charge in [-0.15, -0.1) is 0 Å². The van der Waals surface area contributed by atoms with Crippen LogP contribution < -0.4 is 15.5 Å². The summed E-state index contributed by atoms with van der Waals surface area (Å²) in [5.41, 5.74) is 5.38. The molecule has 0 radical (unpaired) electrons. The minimum Gasteiger partial charge on any atom is -0.483 e. The first-order valence-corrected chi connectivity index (χ1v) is 10.9. The number of hydrogen-bond acceptors (Lipinski definition) is 4. The van der Waals surface area contributed by atoms with Crippen molar-refractivity contribution < 1.29 is 14.3 Å². The summed E-state index contributed by atoms with van der Waals surface area (Å²) in [6, 6.07) is 19.7. The Hall–Kier alpha value is -2.97. The van der Waals surface area contributed by atoms with Crippen LogP contribution in [0.5, 0.6) is 5.75 Å². The third-order valence-corrected chi connectivity index (χ3v) is 5.16. The van der Waals surface area contributed by atoms with Gasteiger partial charge in [-0.3, -0.25) is 9.59 Å². The number of rotatable bonds is 7. The molecule has 0 aliphatic heterocycles. The minimum absolute atomic E-state index is 0.165. The van der Waals surface area contributed by atoms with E-state index in [4.69, 9.17) is 4.74 Å². The van der Waals surface area contributed by atoms with E-state index in [2.05, 4.69) is 47.7 Å². The average molecular weight is 545 g/mol. The van der Waals surface area contributed by atoms with Crippen LogP contribution in [0.1, 0.15) is 21.5 Å². The Bertz CT molecular complexity index is 1100. The van der Waals surface area contributed by atoms with E-state index in [-0.39, 0.29) is 18.4 Å². The molecule has 6 nitrogen and oxygen atoms in total. The number of halogens is 2. The molecule has 0 saturated carbocycles. The molecule has 0 spiro atoms. The van der Waals surface area contributed by atoms with Crippen molar-refractivity contribution in [3.63, 3.8) is 0 Å². The number of aryl methyl sites for hydroxylation is 1. The highest BCUT2D eigenvalue weighted by molar-refractivity contribution is 9.10. The van der Waals surface area contributed by atoms with Gasteiger partial charge in [0.15, 0.2) is 6.61 Å². The van der Waals surface area contributed by atoms with Crippen molar-refractivity contribution in [3.8, 4) is 5.75 Å². The maximum Gasteiger partial charge on any atom is 0.271 e. The molecule has 0 heterocycles. The minimum atomic E-state index is -0.335. The maximum atomic E-state index is 12.2. The SMILES string of the molecule is Cc1ccc(NC(=O)COc2ccc(Br)cc2/C=N/NC(=O)c2ccc(Br)cc2)cc1. The van der Waals surface area contributed by atoms with Gasteiger partial charge in [-0.05, 0) is 61.5 Å². The van der Waals surface area contributed by atoms with E-state index in [0.717, 1.165) is 14.5 Å². The molecule has 31 heavy (non-hydrogen) atoms. The Morgan fingerprint density at radius 2 is 1.65 bits per heavy atom. The monoisotopic (exact) mass is 543 g/mol. The highest BCUT2D eigenvalue weighted by Gasteiger charge is 2.08. The second-order valence-corrected chi connectivity index (χ2v) is 8.42. The number of ether oxygens (including phenoxy) is 1. The summed E-state index contributed by atoms with van der Waals surface area (Å²) in [4.78, 5) is 24.4. The van der Waals surface area contributed by atoms with Crippen LogP contribution in [-0.4, -0.2) is 24.6 Å². The quantitative estimate of drug-likeness (QED) is 0.313. The van der Waals surface area contributed by atoms with Crippen molar-refractivity contribution in [3.05, 3.63) is 92.4 Å². The van der Waals surface area contributed by atoms with E-state index < -0.39 is 0 Å². The zero-order chi connectivity index (χ0) is 22.2. The van der Waals surface area contributed by atoms with E-state index in [1.54, 1.807) is 42.5 Å². The number of hydrazone groups is 1. The first-order chi connectivity index (χ1) is 14.9. The van der Waals surface area contributed by atoms with Crippen molar-refractivity contribution in [2.45, 2.75) is 6.92 Å². The van der Waals surface area contributed by atoms with Crippen molar-refractivity contribution in [1.29, 1.82) is 0 Å². The van der Waals surface area contributed by atoms with Crippen LogP contribution in [0.4, 0.5) is 5.69 Å². The van der Waals surface area contributed by atoms with Crippen LogP contribution in [0.15, 0.2) is 80.8 Å². The molecule has 3 aromatic rings. The first-order valence-electron chi connectivity index (χ1n) is 9.28. The molecule has 0 saturated heterocycles. The van der Waals surface area contributed by atoms with Crippen molar-refractivity contribution in [2.75, 3.05) is 11.9 Å². The Balaban J connectivity index is 1.61. The average Bonchev–Trinajstić information content (AvgIpc) is 2.75. The molecule has 3 rings (SSSR count). The first kappa shape index (κ1) is 22.7. The normalized spacial score (nSPS) is 10.7. The Kier molecular flexibility index (Phi) is 7.97. The van der Waals surface area contributed by atoms with Gasteiger partial charge in [0.25, 0.3) is 11.8 Å². The van der Waals surface area contributed by atoms with Crippen molar-refractivity contribution in [2.24, 2.45) is 5.10 Å². The van der Waals surface area contributed by atoms with Crippen LogP contribution in [0.25, 0.3) is 0 Å². The van der Waals surface area contributed by atoms with Gasteiger partial charge >= 0.3 is 0 Å². The van der Waals surface area contributed by atoms with Gasteiger partial charge in [-0.25, -0.2) is 5.43 Å². The molecule has 0 atom stereocenters. The lowest BCUT2D eigenvalue weighted by molar-refractivity contribution is -0.118. The van der Waals surface area contributed by atoms with Gasteiger partial charge in [0, 0.05) is 25.8 Å². The fourth-order valence-corrected chi connectivity index (χ4v) is 3.20. The van der Waals surface area contributed by atoms with Crippen LogP contribution in [0.3, 0.4) is 0 Å². The molecule has 2 N–H and O–H groups in total. The third-order valence-electron chi connectivity index (χ3n) is 4.14. The van der Waals surface area contributed by atoms with Crippen molar-refractivity contribution >= 4 is 55.6 Å². The molecular formula is C23H19Br2N3O3.